The number of rotatable bonds is 11. The number of amidine groups is 1. The number of hydrogen-bond acceptors (Lipinski definition) is 6. The van der Waals surface area contributed by atoms with E-state index in [1.54, 1.807) is 54.6 Å². The van der Waals surface area contributed by atoms with Gasteiger partial charge in [0.05, 0.1) is 12.2 Å². The molecular formula is C26H28N4O5. The number of carbonyl (C=O) groups excluding carboxylic acids is 1. The normalized spacial score (nSPS) is 10.3. The van der Waals surface area contributed by atoms with Gasteiger partial charge in [0.1, 0.15) is 5.84 Å². The van der Waals surface area contributed by atoms with E-state index in [4.69, 9.17) is 25.7 Å². The Balaban J connectivity index is 1.80. The van der Waals surface area contributed by atoms with Crippen molar-refractivity contribution in [3.8, 4) is 11.5 Å². The van der Waals surface area contributed by atoms with Crippen LogP contribution in [0, 0.1) is 12.3 Å². The van der Waals surface area contributed by atoms with Crippen molar-refractivity contribution < 1.29 is 24.2 Å². The Morgan fingerprint density at radius 2 is 1.80 bits per heavy atom. The number of para-hydroxylation sites is 2. The van der Waals surface area contributed by atoms with Gasteiger partial charge in [0.15, 0.2) is 18.1 Å². The second kappa shape index (κ2) is 11.6. The predicted octanol–water partition coefficient (Wildman–Crippen LogP) is 4.01. The Hall–Kier alpha value is -4.53. The summed E-state index contributed by atoms with van der Waals surface area (Å²) < 4.78 is 11.1. The van der Waals surface area contributed by atoms with Crippen molar-refractivity contribution in [3.05, 3.63) is 82.9 Å². The summed E-state index contributed by atoms with van der Waals surface area (Å²) in [7, 11) is 0. The number of carbonyl (C=O) groups is 2. The molecule has 0 bridgehead atoms. The number of ether oxygens (including phenoxy) is 2. The first-order chi connectivity index (χ1) is 16.8. The maximum absolute atomic E-state index is 13.1. The Morgan fingerprint density at radius 1 is 1.03 bits per heavy atom. The number of aryl methyl sites for hydroxylation is 1. The van der Waals surface area contributed by atoms with Crippen LogP contribution in [0.4, 0.5) is 11.4 Å². The highest BCUT2D eigenvalue weighted by atomic mass is 16.5. The van der Waals surface area contributed by atoms with Crippen LogP contribution in [0.5, 0.6) is 11.5 Å². The quantitative estimate of drug-likeness (QED) is 0.208. The van der Waals surface area contributed by atoms with Crippen molar-refractivity contribution in [2.45, 2.75) is 20.4 Å². The van der Waals surface area contributed by atoms with Gasteiger partial charge in [-0.05, 0) is 55.8 Å². The molecule has 3 rings (SSSR count). The molecule has 3 aromatic rings. The van der Waals surface area contributed by atoms with Crippen LogP contribution in [0.1, 0.15) is 34.0 Å². The molecule has 35 heavy (non-hydrogen) atoms. The van der Waals surface area contributed by atoms with E-state index in [0.29, 0.717) is 46.2 Å². The topological polar surface area (TPSA) is 147 Å². The zero-order valence-electron chi connectivity index (χ0n) is 19.6. The molecule has 0 spiro atoms. The molecule has 0 heterocycles. The van der Waals surface area contributed by atoms with Gasteiger partial charge in [0, 0.05) is 29.0 Å². The fourth-order valence-electron chi connectivity index (χ4n) is 3.45. The number of carboxylic acids is 1. The summed E-state index contributed by atoms with van der Waals surface area (Å²) in [4.78, 5) is 24.1. The smallest absolute Gasteiger partial charge is 0.341 e. The fraction of sp³-hybridized carbons (Fsp3) is 0.192. The zero-order chi connectivity index (χ0) is 25.4. The number of hydrogen-bond donors (Lipinski definition) is 5. The van der Waals surface area contributed by atoms with Crippen LogP contribution in [-0.2, 0) is 11.3 Å². The number of carboxylic acid groups (broad SMARTS) is 1. The van der Waals surface area contributed by atoms with E-state index in [-0.39, 0.29) is 18.3 Å². The van der Waals surface area contributed by atoms with E-state index in [0.717, 1.165) is 5.56 Å². The minimum Gasteiger partial charge on any atom is -0.490 e. The lowest BCUT2D eigenvalue weighted by Crippen LogP contribution is -2.17. The maximum Gasteiger partial charge on any atom is 0.341 e. The van der Waals surface area contributed by atoms with Crippen LogP contribution in [0.25, 0.3) is 0 Å². The van der Waals surface area contributed by atoms with Crippen molar-refractivity contribution in [3.63, 3.8) is 0 Å². The highest BCUT2D eigenvalue weighted by Crippen LogP contribution is 2.32. The summed E-state index contributed by atoms with van der Waals surface area (Å²) in [5.41, 5.74) is 9.22. The number of benzene rings is 3. The molecule has 0 radical (unpaired) electrons. The van der Waals surface area contributed by atoms with Gasteiger partial charge in [-0.1, -0.05) is 24.3 Å². The Bertz CT molecular complexity index is 1240. The molecule has 0 fully saturated rings. The van der Waals surface area contributed by atoms with Crippen LogP contribution in [0.3, 0.4) is 0 Å². The summed E-state index contributed by atoms with van der Waals surface area (Å²) >= 11 is 0. The molecule has 0 aliphatic carbocycles. The van der Waals surface area contributed by atoms with E-state index in [2.05, 4.69) is 10.6 Å². The van der Waals surface area contributed by atoms with Gasteiger partial charge < -0.3 is 30.9 Å². The van der Waals surface area contributed by atoms with Crippen LogP contribution in [0.15, 0.2) is 60.7 Å². The number of anilines is 2. The van der Waals surface area contributed by atoms with Crippen molar-refractivity contribution >= 4 is 29.1 Å². The number of nitrogens with two attached hydrogens (primary N) is 1. The SMILES string of the molecule is CCOc1cccc(CNc2ccccc2C(=O)Nc2ccc(C(=N)N)cc2C)c1OCC(=O)O. The minimum atomic E-state index is -1.09. The Labute approximate surface area is 203 Å². The highest BCUT2D eigenvalue weighted by Gasteiger charge is 2.16. The van der Waals surface area contributed by atoms with E-state index < -0.39 is 12.6 Å². The zero-order valence-corrected chi connectivity index (χ0v) is 19.6. The van der Waals surface area contributed by atoms with Crippen LogP contribution in [-0.4, -0.2) is 36.0 Å². The third kappa shape index (κ3) is 6.50. The molecule has 0 aliphatic rings. The molecule has 0 saturated carbocycles. The van der Waals surface area contributed by atoms with E-state index >= 15 is 0 Å². The molecule has 0 unspecified atom stereocenters. The second-order valence-corrected chi connectivity index (χ2v) is 7.66. The Morgan fingerprint density at radius 3 is 2.49 bits per heavy atom. The lowest BCUT2D eigenvalue weighted by atomic mass is 10.1. The number of nitrogens with one attached hydrogen (secondary N) is 3. The van der Waals surface area contributed by atoms with Crippen LogP contribution >= 0.6 is 0 Å². The third-order valence-electron chi connectivity index (χ3n) is 5.13. The van der Waals surface area contributed by atoms with Gasteiger partial charge in [-0.2, -0.15) is 0 Å². The molecule has 1 amide bonds. The molecule has 0 saturated heterocycles. The average Bonchev–Trinajstić information content (AvgIpc) is 2.83. The van der Waals surface area contributed by atoms with Gasteiger partial charge >= 0.3 is 5.97 Å². The molecule has 0 aliphatic heterocycles. The minimum absolute atomic E-state index is 0.0411. The van der Waals surface area contributed by atoms with Crippen molar-refractivity contribution in [1.29, 1.82) is 5.41 Å². The summed E-state index contributed by atoms with van der Waals surface area (Å²) in [6.07, 6.45) is 0. The molecule has 9 heteroatoms. The average molecular weight is 477 g/mol. The van der Waals surface area contributed by atoms with Gasteiger partial charge in [-0.3, -0.25) is 10.2 Å². The summed E-state index contributed by atoms with van der Waals surface area (Å²) in [6, 6.07) is 17.5. The van der Waals surface area contributed by atoms with E-state index in [1.165, 1.54) is 0 Å². The summed E-state index contributed by atoms with van der Waals surface area (Å²) in [6.45, 7) is 3.83. The van der Waals surface area contributed by atoms with Gasteiger partial charge in [0.25, 0.3) is 5.91 Å². The predicted molar refractivity (Wildman–Crippen MR) is 135 cm³/mol. The fourth-order valence-corrected chi connectivity index (χ4v) is 3.45. The second-order valence-electron chi connectivity index (χ2n) is 7.66. The van der Waals surface area contributed by atoms with E-state index in [9.17, 15) is 9.59 Å². The lowest BCUT2D eigenvalue weighted by molar-refractivity contribution is -0.139. The Kier molecular flexibility index (Phi) is 8.29. The number of amides is 1. The number of aliphatic carboxylic acids is 1. The monoisotopic (exact) mass is 476 g/mol. The molecule has 9 nitrogen and oxygen atoms in total. The molecular weight excluding hydrogens is 448 g/mol. The molecule has 0 atom stereocenters. The van der Waals surface area contributed by atoms with Crippen LogP contribution in [0.2, 0.25) is 0 Å². The first-order valence-corrected chi connectivity index (χ1v) is 11.0. The summed E-state index contributed by atoms with van der Waals surface area (Å²) in [5, 5.41) is 22.7. The van der Waals surface area contributed by atoms with Gasteiger partial charge in [0.2, 0.25) is 0 Å². The molecule has 3 aromatic carbocycles. The standard InChI is InChI=1S/C26H28N4O5/c1-3-34-22-10-6-7-18(24(22)35-15-23(31)32)14-29-21-9-5-4-8-19(21)26(33)30-20-12-11-17(25(27)28)13-16(20)2/h4-13,29H,3,14-15H2,1-2H3,(H3,27,28)(H,30,33)(H,31,32). The van der Waals surface area contributed by atoms with E-state index in [1.807, 2.05) is 19.9 Å². The summed E-state index contributed by atoms with van der Waals surface area (Å²) in [5.74, 6) is -0.655. The first kappa shape index (κ1) is 25.1. The lowest BCUT2D eigenvalue weighted by Gasteiger charge is -2.17. The highest BCUT2D eigenvalue weighted by molar-refractivity contribution is 6.08. The first-order valence-electron chi connectivity index (χ1n) is 11.0. The van der Waals surface area contributed by atoms with Gasteiger partial charge in [-0.15, -0.1) is 0 Å². The van der Waals surface area contributed by atoms with Gasteiger partial charge in [-0.25, -0.2) is 4.79 Å². The molecule has 0 aromatic heterocycles. The van der Waals surface area contributed by atoms with Crippen molar-refractivity contribution in [2.75, 3.05) is 23.8 Å². The maximum atomic E-state index is 13.1. The van der Waals surface area contributed by atoms with Crippen molar-refractivity contribution in [1.82, 2.24) is 0 Å². The largest absolute Gasteiger partial charge is 0.490 e. The van der Waals surface area contributed by atoms with Crippen molar-refractivity contribution in [2.24, 2.45) is 5.73 Å². The third-order valence-corrected chi connectivity index (χ3v) is 5.13. The number of nitrogen functional groups attached to an aromatic ring is 1. The molecule has 6 N–H and O–H groups in total. The van der Waals surface area contributed by atoms with Crippen LogP contribution < -0.4 is 25.8 Å². The molecule has 182 valence electrons.